The van der Waals surface area contributed by atoms with Crippen LogP contribution in [0.4, 0.5) is 0 Å². The van der Waals surface area contributed by atoms with E-state index < -0.39 is 0 Å². The van der Waals surface area contributed by atoms with Crippen LogP contribution in [0.2, 0.25) is 0 Å². The zero-order valence-electron chi connectivity index (χ0n) is 17.7. The van der Waals surface area contributed by atoms with Gasteiger partial charge in [-0.25, -0.2) is 4.79 Å². The molecule has 0 aliphatic carbocycles. The molecule has 7 heteroatoms. The van der Waals surface area contributed by atoms with E-state index in [-0.39, 0.29) is 17.6 Å². The molecule has 1 amide bonds. The largest absolute Gasteiger partial charge is 0.377 e. The third kappa shape index (κ3) is 4.89. The number of carbonyl (C=O) groups excluding carboxylic acids is 1. The van der Waals surface area contributed by atoms with Crippen molar-refractivity contribution >= 4 is 5.91 Å². The highest BCUT2D eigenvalue weighted by Crippen LogP contribution is 2.35. The van der Waals surface area contributed by atoms with E-state index in [1.807, 2.05) is 19.9 Å². The number of aryl methyl sites for hydroxylation is 2. The van der Waals surface area contributed by atoms with E-state index >= 15 is 0 Å². The van der Waals surface area contributed by atoms with Crippen molar-refractivity contribution in [1.82, 2.24) is 19.8 Å². The van der Waals surface area contributed by atoms with Crippen LogP contribution in [-0.2, 0) is 16.1 Å². The average Bonchev–Trinajstić information content (AvgIpc) is 3.14. The molecule has 7 nitrogen and oxygen atoms in total. The van der Waals surface area contributed by atoms with Crippen LogP contribution in [0.3, 0.4) is 0 Å². The molecule has 3 fully saturated rings. The average molecular weight is 403 g/mol. The monoisotopic (exact) mass is 402 g/mol. The third-order valence-electron chi connectivity index (χ3n) is 6.84. The van der Waals surface area contributed by atoms with Crippen LogP contribution in [-0.4, -0.2) is 57.7 Å². The number of hydrogen-bond donors (Lipinski definition) is 1. The molecule has 3 aliphatic rings. The van der Waals surface area contributed by atoms with E-state index in [1.54, 1.807) is 4.57 Å². The fourth-order valence-corrected chi connectivity index (χ4v) is 5.48. The Balaban J connectivity index is 1.30. The quantitative estimate of drug-likeness (QED) is 0.787. The Labute approximate surface area is 172 Å². The van der Waals surface area contributed by atoms with Crippen LogP contribution < -0.4 is 11.0 Å². The Morgan fingerprint density at radius 2 is 1.97 bits per heavy atom. The van der Waals surface area contributed by atoms with Crippen LogP contribution >= 0.6 is 0 Å². The molecule has 4 rings (SSSR count). The second-order valence-corrected chi connectivity index (χ2v) is 9.03. The van der Waals surface area contributed by atoms with Crippen molar-refractivity contribution in [3.05, 3.63) is 27.9 Å². The first-order chi connectivity index (χ1) is 14.0. The highest BCUT2D eigenvalue weighted by Gasteiger charge is 2.39. The molecule has 29 heavy (non-hydrogen) atoms. The number of nitrogens with zero attached hydrogens (tertiary/aromatic N) is 3. The van der Waals surface area contributed by atoms with Gasteiger partial charge in [-0.05, 0) is 58.4 Å². The first kappa shape index (κ1) is 20.5. The summed E-state index contributed by atoms with van der Waals surface area (Å²) >= 11 is 0. The number of ether oxygens (including phenoxy) is 1. The Bertz CT molecular complexity index is 773. The normalized spacial score (nSPS) is 29.7. The lowest BCUT2D eigenvalue weighted by Gasteiger charge is -2.49. The molecule has 0 aromatic carbocycles. The fourth-order valence-electron chi connectivity index (χ4n) is 5.48. The molecule has 1 aromatic rings. The molecule has 2 bridgehead atoms. The van der Waals surface area contributed by atoms with Gasteiger partial charge in [-0.15, -0.1) is 0 Å². The second kappa shape index (κ2) is 8.96. The maximum Gasteiger partial charge on any atom is 0.347 e. The van der Waals surface area contributed by atoms with Crippen molar-refractivity contribution in [2.45, 2.75) is 96.0 Å². The lowest BCUT2D eigenvalue weighted by Crippen LogP contribution is -2.58. The number of fused-ring (bicyclic) bond motifs is 2. The topological polar surface area (TPSA) is 76.5 Å². The minimum absolute atomic E-state index is 0.0347. The smallest absolute Gasteiger partial charge is 0.347 e. The van der Waals surface area contributed by atoms with Gasteiger partial charge in [0.25, 0.3) is 0 Å². The van der Waals surface area contributed by atoms with Gasteiger partial charge in [-0.3, -0.25) is 14.3 Å². The van der Waals surface area contributed by atoms with Gasteiger partial charge in [0.05, 0.1) is 6.10 Å². The van der Waals surface area contributed by atoms with E-state index in [9.17, 15) is 9.59 Å². The SMILES string of the molecule is Cc1cc(C)n(CCC(=O)NC2C[C@H]3CCC[C@@H](C2)N3CC2CCCO2)c(=O)n1. The van der Waals surface area contributed by atoms with Crippen molar-refractivity contribution in [3.63, 3.8) is 0 Å². The minimum atomic E-state index is -0.271. The van der Waals surface area contributed by atoms with Gasteiger partial charge in [0.1, 0.15) is 0 Å². The standard InChI is InChI=1S/C22H34N4O3/c1-15-11-16(2)25(22(28)23-15)9-8-21(27)24-17-12-18-5-3-6-19(13-17)26(18)14-20-7-4-10-29-20/h11,17-20H,3-10,12-14H2,1-2H3,(H,24,27)/t17?,18-,19+,20?. The third-order valence-corrected chi connectivity index (χ3v) is 6.84. The van der Waals surface area contributed by atoms with Gasteiger partial charge in [-0.2, -0.15) is 4.98 Å². The van der Waals surface area contributed by atoms with Crippen molar-refractivity contribution in [1.29, 1.82) is 0 Å². The van der Waals surface area contributed by atoms with Crippen molar-refractivity contribution < 1.29 is 9.53 Å². The summed E-state index contributed by atoms with van der Waals surface area (Å²) in [4.78, 5) is 31.3. The van der Waals surface area contributed by atoms with E-state index in [2.05, 4.69) is 15.2 Å². The number of aromatic nitrogens is 2. The molecule has 1 aromatic heterocycles. The molecule has 4 atom stereocenters. The Hall–Kier alpha value is -1.73. The summed E-state index contributed by atoms with van der Waals surface area (Å²) in [5.41, 5.74) is 1.30. The van der Waals surface area contributed by atoms with Crippen LogP contribution in [0.25, 0.3) is 0 Å². The summed E-state index contributed by atoms with van der Waals surface area (Å²) in [7, 11) is 0. The maximum atomic E-state index is 12.6. The molecule has 0 spiro atoms. The summed E-state index contributed by atoms with van der Waals surface area (Å²) in [6, 6.07) is 3.24. The minimum Gasteiger partial charge on any atom is -0.377 e. The number of hydrogen-bond acceptors (Lipinski definition) is 5. The zero-order chi connectivity index (χ0) is 20.4. The van der Waals surface area contributed by atoms with Crippen molar-refractivity contribution in [2.24, 2.45) is 0 Å². The van der Waals surface area contributed by atoms with E-state index in [1.165, 1.54) is 32.1 Å². The van der Waals surface area contributed by atoms with Gasteiger partial charge in [-0.1, -0.05) is 6.42 Å². The molecule has 3 saturated heterocycles. The Morgan fingerprint density at radius 1 is 1.21 bits per heavy atom. The molecule has 2 unspecified atom stereocenters. The first-order valence-corrected chi connectivity index (χ1v) is 11.2. The van der Waals surface area contributed by atoms with Crippen LogP contribution in [0, 0.1) is 13.8 Å². The Kier molecular flexibility index (Phi) is 6.35. The molecule has 4 heterocycles. The van der Waals surface area contributed by atoms with Crippen LogP contribution in [0.15, 0.2) is 10.9 Å². The highest BCUT2D eigenvalue weighted by atomic mass is 16.5. The summed E-state index contributed by atoms with van der Waals surface area (Å²) < 4.78 is 7.46. The number of amides is 1. The van der Waals surface area contributed by atoms with Gasteiger partial charge >= 0.3 is 5.69 Å². The van der Waals surface area contributed by atoms with E-state index in [0.717, 1.165) is 37.4 Å². The molecule has 0 radical (unpaired) electrons. The van der Waals surface area contributed by atoms with Crippen molar-refractivity contribution in [2.75, 3.05) is 13.2 Å². The predicted octanol–water partition coefficient (Wildman–Crippen LogP) is 1.93. The van der Waals surface area contributed by atoms with Gasteiger partial charge in [0.15, 0.2) is 0 Å². The van der Waals surface area contributed by atoms with E-state index in [0.29, 0.717) is 31.2 Å². The fraction of sp³-hybridized carbons (Fsp3) is 0.773. The summed E-state index contributed by atoms with van der Waals surface area (Å²) in [5.74, 6) is 0.0347. The summed E-state index contributed by atoms with van der Waals surface area (Å²) in [5, 5.41) is 3.25. The zero-order valence-corrected chi connectivity index (χ0v) is 17.7. The molecular formula is C22H34N4O3. The number of piperidine rings is 2. The van der Waals surface area contributed by atoms with Gasteiger partial charge in [0, 0.05) is 55.6 Å². The summed E-state index contributed by atoms with van der Waals surface area (Å²) in [6.45, 7) is 6.05. The van der Waals surface area contributed by atoms with Crippen LogP contribution in [0.5, 0.6) is 0 Å². The lowest BCUT2D eigenvalue weighted by molar-refractivity contribution is -0.123. The second-order valence-electron chi connectivity index (χ2n) is 9.03. The molecule has 0 saturated carbocycles. The number of rotatable bonds is 6. The molecule has 160 valence electrons. The van der Waals surface area contributed by atoms with Crippen LogP contribution in [0.1, 0.15) is 62.8 Å². The van der Waals surface area contributed by atoms with Gasteiger partial charge < -0.3 is 10.1 Å². The highest BCUT2D eigenvalue weighted by molar-refractivity contribution is 5.76. The Morgan fingerprint density at radius 3 is 2.62 bits per heavy atom. The molecule has 1 N–H and O–H groups in total. The molecular weight excluding hydrogens is 368 g/mol. The van der Waals surface area contributed by atoms with Crippen molar-refractivity contribution in [3.8, 4) is 0 Å². The number of carbonyl (C=O) groups is 1. The predicted molar refractivity (Wildman–Crippen MR) is 111 cm³/mol. The maximum absolute atomic E-state index is 12.6. The first-order valence-electron chi connectivity index (χ1n) is 11.2. The molecule has 3 aliphatic heterocycles. The lowest BCUT2D eigenvalue weighted by atomic mass is 9.81. The van der Waals surface area contributed by atoms with Gasteiger partial charge in [0.2, 0.25) is 5.91 Å². The summed E-state index contributed by atoms with van der Waals surface area (Å²) in [6.07, 6.45) is 8.87. The van der Waals surface area contributed by atoms with E-state index in [4.69, 9.17) is 4.74 Å². The number of nitrogens with one attached hydrogen (secondary N) is 1.